The van der Waals surface area contributed by atoms with Gasteiger partial charge in [-0.1, -0.05) is 6.58 Å². The van der Waals surface area contributed by atoms with Crippen molar-refractivity contribution in [2.75, 3.05) is 13.2 Å². The van der Waals surface area contributed by atoms with Gasteiger partial charge in [-0.3, -0.25) is 0 Å². The minimum absolute atomic E-state index is 0.421. The van der Waals surface area contributed by atoms with Crippen molar-refractivity contribution >= 4 is 28.2 Å². The molecule has 1 aromatic rings. The van der Waals surface area contributed by atoms with Gasteiger partial charge in [0.1, 0.15) is 3.70 Å². The first-order chi connectivity index (χ1) is 6.77. The van der Waals surface area contributed by atoms with E-state index in [1.165, 1.54) is 0 Å². The third kappa shape index (κ3) is 2.12. The highest BCUT2D eigenvalue weighted by molar-refractivity contribution is 14.1. The molecule has 2 rings (SSSR count). The van der Waals surface area contributed by atoms with Crippen LogP contribution >= 0.6 is 22.6 Å². The van der Waals surface area contributed by atoms with Crippen LogP contribution in [0.2, 0.25) is 0 Å². The maximum Gasteiger partial charge on any atom is 0.124 e. The fourth-order valence-electron chi connectivity index (χ4n) is 1.51. The van der Waals surface area contributed by atoms with E-state index < -0.39 is 0 Å². The lowest BCUT2D eigenvalue weighted by atomic mass is 9.97. The van der Waals surface area contributed by atoms with Crippen LogP contribution in [0.3, 0.4) is 0 Å². The van der Waals surface area contributed by atoms with Crippen molar-refractivity contribution in [1.82, 2.24) is 10.2 Å². The van der Waals surface area contributed by atoms with Crippen LogP contribution in [0.4, 0.5) is 0 Å². The second-order valence-corrected chi connectivity index (χ2v) is 4.43. The van der Waals surface area contributed by atoms with Gasteiger partial charge in [-0.2, -0.15) is 0 Å². The number of rotatable bonds is 2. The van der Waals surface area contributed by atoms with Crippen molar-refractivity contribution in [1.29, 1.82) is 0 Å². The molecule has 1 aliphatic rings. The Bertz CT molecular complexity index is 330. The number of halogens is 1. The Kier molecular flexibility index (Phi) is 3.12. The highest BCUT2D eigenvalue weighted by Crippen LogP contribution is 2.26. The van der Waals surface area contributed by atoms with Crippen molar-refractivity contribution in [3.8, 4) is 0 Å². The van der Waals surface area contributed by atoms with E-state index in [1.807, 2.05) is 12.1 Å². The van der Waals surface area contributed by atoms with E-state index in [2.05, 4.69) is 39.4 Å². The van der Waals surface area contributed by atoms with Gasteiger partial charge in [0, 0.05) is 12.5 Å². The first kappa shape index (κ1) is 10.0. The van der Waals surface area contributed by atoms with Crippen LogP contribution < -0.4 is 0 Å². The lowest BCUT2D eigenvalue weighted by molar-refractivity contribution is 0.192. The van der Waals surface area contributed by atoms with Crippen LogP contribution in [0, 0.1) is 9.62 Å². The minimum atomic E-state index is 0.421. The predicted octanol–water partition coefficient (Wildman–Crippen LogP) is 2.13. The van der Waals surface area contributed by atoms with E-state index in [1.54, 1.807) is 0 Å². The second kappa shape index (κ2) is 4.35. The molecule has 0 spiro atoms. The number of hydrogen-bond acceptors (Lipinski definition) is 3. The van der Waals surface area contributed by atoms with Crippen LogP contribution in [-0.4, -0.2) is 23.4 Å². The average Bonchev–Trinajstić information content (AvgIpc) is 2.71. The molecule has 0 aromatic carbocycles. The number of hydrogen-bond donors (Lipinski definition) is 0. The zero-order chi connectivity index (χ0) is 9.97. The molecule has 2 heterocycles. The Morgan fingerprint density at radius 2 is 2.36 bits per heavy atom. The van der Waals surface area contributed by atoms with Gasteiger partial charge in [0.15, 0.2) is 0 Å². The monoisotopic (exact) mass is 302 g/mol. The van der Waals surface area contributed by atoms with Crippen molar-refractivity contribution in [2.45, 2.75) is 6.42 Å². The van der Waals surface area contributed by atoms with Crippen molar-refractivity contribution < 1.29 is 4.74 Å². The van der Waals surface area contributed by atoms with Crippen LogP contribution in [0.5, 0.6) is 0 Å². The van der Waals surface area contributed by atoms with E-state index in [0.29, 0.717) is 5.92 Å². The SMILES string of the molecule is C=C(c1ccc(I)nn1)C1CCOC1. The third-order valence-electron chi connectivity index (χ3n) is 2.38. The summed E-state index contributed by atoms with van der Waals surface area (Å²) in [6.45, 7) is 5.66. The fraction of sp³-hybridized carbons (Fsp3) is 0.400. The molecule has 0 N–H and O–H groups in total. The Hall–Kier alpha value is -0.490. The van der Waals surface area contributed by atoms with Gasteiger partial charge < -0.3 is 4.74 Å². The summed E-state index contributed by atoms with van der Waals surface area (Å²) in [5, 5.41) is 8.12. The molecule has 4 heteroatoms. The third-order valence-corrected chi connectivity index (χ3v) is 2.96. The zero-order valence-electron chi connectivity index (χ0n) is 7.74. The summed E-state index contributed by atoms with van der Waals surface area (Å²) in [6, 6.07) is 3.92. The van der Waals surface area contributed by atoms with Gasteiger partial charge in [-0.25, -0.2) is 0 Å². The Labute approximate surface area is 96.7 Å². The van der Waals surface area contributed by atoms with Crippen molar-refractivity contribution in [3.63, 3.8) is 0 Å². The minimum Gasteiger partial charge on any atom is -0.381 e. The predicted molar refractivity (Wildman–Crippen MR) is 62.7 cm³/mol. The number of aromatic nitrogens is 2. The zero-order valence-corrected chi connectivity index (χ0v) is 9.90. The molecule has 3 nitrogen and oxygen atoms in total. The maximum atomic E-state index is 5.31. The van der Waals surface area contributed by atoms with Gasteiger partial charge in [0.25, 0.3) is 0 Å². The lowest BCUT2D eigenvalue weighted by Crippen LogP contribution is -2.04. The molecule has 74 valence electrons. The quantitative estimate of drug-likeness (QED) is 0.785. The number of ether oxygens (including phenoxy) is 1. The fourth-order valence-corrected chi connectivity index (χ4v) is 1.79. The Morgan fingerprint density at radius 3 is 2.93 bits per heavy atom. The molecular weight excluding hydrogens is 291 g/mol. The van der Waals surface area contributed by atoms with Gasteiger partial charge in [0.05, 0.1) is 12.3 Å². The molecule has 1 fully saturated rings. The molecule has 0 radical (unpaired) electrons. The summed E-state index contributed by atoms with van der Waals surface area (Å²) >= 11 is 2.14. The van der Waals surface area contributed by atoms with E-state index >= 15 is 0 Å². The van der Waals surface area contributed by atoms with Gasteiger partial charge in [-0.05, 0) is 46.7 Å². The lowest BCUT2D eigenvalue weighted by Gasteiger charge is -2.09. The maximum absolute atomic E-state index is 5.31. The molecule has 1 saturated heterocycles. The first-order valence-corrected chi connectivity index (χ1v) is 5.61. The molecule has 14 heavy (non-hydrogen) atoms. The first-order valence-electron chi connectivity index (χ1n) is 4.53. The van der Waals surface area contributed by atoms with Crippen LogP contribution in [0.15, 0.2) is 18.7 Å². The van der Waals surface area contributed by atoms with E-state index in [-0.39, 0.29) is 0 Å². The number of nitrogens with zero attached hydrogens (tertiary/aromatic N) is 2. The molecule has 0 aliphatic carbocycles. The summed E-state index contributed by atoms with van der Waals surface area (Å²) in [4.78, 5) is 0. The topological polar surface area (TPSA) is 35.0 Å². The van der Waals surface area contributed by atoms with Crippen molar-refractivity contribution in [3.05, 3.63) is 28.1 Å². The van der Waals surface area contributed by atoms with E-state index in [9.17, 15) is 0 Å². The summed E-state index contributed by atoms with van der Waals surface area (Å²) in [6.07, 6.45) is 1.05. The molecule has 1 aromatic heterocycles. The Morgan fingerprint density at radius 1 is 1.50 bits per heavy atom. The van der Waals surface area contributed by atoms with Crippen LogP contribution in [-0.2, 0) is 4.74 Å². The summed E-state index contributed by atoms with van der Waals surface area (Å²) < 4.78 is 6.22. The van der Waals surface area contributed by atoms with E-state index in [4.69, 9.17) is 4.74 Å². The molecular formula is C10H11IN2O. The van der Waals surface area contributed by atoms with Crippen LogP contribution in [0.25, 0.3) is 5.57 Å². The largest absolute Gasteiger partial charge is 0.381 e. The summed E-state index contributed by atoms with van der Waals surface area (Å²) in [7, 11) is 0. The van der Waals surface area contributed by atoms with Crippen LogP contribution in [0.1, 0.15) is 12.1 Å². The average molecular weight is 302 g/mol. The van der Waals surface area contributed by atoms with Gasteiger partial charge >= 0.3 is 0 Å². The van der Waals surface area contributed by atoms with E-state index in [0.717, 1.165) is 34.6 Å². The molecule has 0 amide bonds. The highest BCUT2D eigenvalue weighted by Gasteiger charge is 2.20. The smallest absolute Gasteiger partial charge is 0.124 e. The van der Waals surface area contributed by atoms with Crippen molar-refractivity contribution in [2.24, 2.45) is 5.92 Å². The normalized spacial score (nSPS) is 21.1. The second-order valence-electron chi connectivity index (χ2n) is 3.33. The molecule has 1 aliphatic heterocycles. The molecule has 1 atom stereocenters. The standard InChI is InChI=1S/C10H11IN2O/c1-7(8-4-5-14-6-8)9-2-3-10(11)13-12-9/h2-3,8H,1,4-6H2. The molecule has 0 saturated carbocycles. The van der Waals surface area contributed by atoms with Gasteiger partial charge in [-0.15, -0.1) is 10.2 Å². The molecule has 1 unspecified atom stereocenters. The highest BCUT2D eigenvalue weighted by atomic mass is 127. The van der Waals surface area contributed by atoms with Gasteiger partial charge in [0.2, 0.25) is 0 Å². The summed E-state index contributed by atoms with van der Waals surface area (Å²) in [5.74, 6) is 0.421. The molecule has 0 bridgehead atoms. The Balaban J connectivity index is 2.14. The summed E-state index contributed by atoms with van der Waals surface area (Å²) in [5.41, 5.74) is 1.94.